The molecule has 118 valence electrons. The second-order valence-corrected chi connectivity index (χ2v) is 8.05. The van der Waals surface area contributed by atoms with Crippen molar-refractivity contribution in [2.75, 3.05) is 29.5 Å². The van der Waals surface area contributed by atoms with E-state index in [0.29, 0.717) is 0 Å². The molecule has 1 aliphatic heterocycles. The van der Waals surface area contributed by atoms with Gasteiger partial charge in [-0.25, -0.2) is 0 Å². The van der Waals surface area contributed by atoms with E-state index >= 15 is 0 Å². The predicted molar refractivity (Wildman–Crippen MR) is 100 cm³/mol. The molecular weight excluding hydrogens is 301 g/mol. The van der Waals surface area contributed by atoms with Crippen LogP contribution in [0, 0.1) is 4.58 Å². The van der Waals surface area contributed by atoms with E-state index < -0.39 is 0 Å². The summed E-state index contributed by atoms with van der Waals surface area (Å²) in [5.74, 6) is 2.56. The molecule has 0 aliphatic carbocycles. The Labute approximate surface area is 157 Å². The van der Waals surface area contributed by atoms with Crippen LogP contribution in [0.25, 0.3) is 0 Å². The Morgan fingerprint density at radius 3 is 2.00 bits per heavy atom. The van der Waals surface area contributed by atoms with Gasteiger partial charge in [-0.05, 0) is 30.8 Å². The van der Waals surface area contributed by atoms with E-state index in [2.05, 4.69) is 43.0 Å². The van der Waals surface area contributed by atoms with Crippen LogP contribution < -0.4 is 23.8 Å². The van der Waals surface area contributed by atoms with Crippen LogP contribution in [0.4, 0.5) is 5.69 Å². The molecule has 1 nitrogen and oxygen atoms in total. The van der Waals surface area contributed by atoms with Crippen LogP contribution in [0.5, 0.6) is 0 Å². The summed E-state index contributed by atoms with van der Waals surface area (Å²) in [6, 6.07) is 9.29. The molecule has 1 aromatic carbocycles. The maximum atomic E-state index is 2.56. The molecule has 4 heteroatoms. The summed E-state index contributed by atoms with van der Waals surface area (Å²) in [6.45, 7) is 6.93. The van der Waals surface area contributed by atoms with Crippen molar-refractivity contribution in [2.24, 2.45) is 0 Å². The number of hydrogen-bond donors (Lipinski definition) is 0. The summed E-state index contributed by atoms with van der Waals surface area (Å²) in [5, 5.41) is 0. The Morgan fingerprint density at radius 1 is 0.955 bits per heavy atom. The summed E-state index contributed by atoms with van der Waals surface area (Å²) in [7, 11) is 0. The molecule has 0 amide bonds. The third-order valence-corrected chi connectivity index (χ3v) is 6.47. The first-order valence-corrected chi connectivity index (χ1v) is 10.3. The van der Waals surface area contributed by atoms with Crippen LogP contribution in [0.2, 0.25) is 0 Å². The Hall–Kier alpha value is 0.187. The number of benzene rings is 1. The smallest absolute Gasteiger partial charge is 0.373 e. The minimum Gasteiger partial charge on any atom is -0.373 e. The number of anilines is 1. The van der Waals surface area contributed by atoms with Crippen LogP contribution in [0.3, 0.4) is 0 Å². The molecule has 0 atom stereocenters. The Bertz CT molecular complexity index is 383. The maximum Gasteiger partial charge on any atom is 1.00 e. The average Bonchev–Trinajstić information content (AvgIpc) is 2.56. The minimum absolute atomic E-state index is 0. The van der Waals surface area contributed by atoms with Gasteiger partial charge in [-0.3, -0.25) is 0 Å². The van der Waals surface area contributed by atoms with Crippen molar-refractivity contribution in [3.8, 4) is 0 Å². The summed E-state index contributed by atoms with van der Waals surface area (Å²) in [4.78, 5) is 2.56. The molecule has 1 heterocycles. The second-order valence-electron chi connectivity index (χ2n) is 5.58. The molecule has 22 heavy (non-hydrogen) atoms. The molecule has 1 aliphatic rings. The normalized spacial score (nSPS) is 14.5. The molecule has 2 rings (SSSR count). The topological polar surface area (TPSA) is 3.24 Å². The van der Waals surface area contributed by atoms with Crippen LogP contribution in [0.1, 0.15) is 51.5 Å². The zero-order valence-electron chi connectivity index (χ0n) is 14.4. The zero-order chi connectivity index (χ0) is 14.9. The van der Waals surface area contributed by atoms with Crippen molar-refractivity contribution in [2.45, 2.75) is 46.0 Å². The Kier molecular flexibility index (Phi) is 10.7. The Morgan fingerprint density at radius 2 is 1.50 bits per heavy atom. The monoisotopic (exact) mass is 329 g/mol. The summed E-state index contributed by atoms with van der Waals surface area (Å²) >= 11 is 4.05. The van der Waals surface area contributed by atoms with E-state index in [-0.39, 0.29) is 18.9 Å². The molecule has 0 bridgehead atoms. The number of thioether (sulfide) groups is 2. The van der Waals surface area contributed by atoms with Gasteiger partial charge in [0, 0.05) is 18.8 Å². The fraction of sp³-hybridized carbons (Fsp3) is 0.611. The summed E-state index contributed by atoms with van der Waals surface area (Å²) < 4.78 is 1.52. The molecule has 0 radical (unpaired) electrons. The largest absolute Gasteiger partial charge is 1.00 e. The number of nitrogens with zero attached hydrogens (tertiary/aromatic N) is 1. The van der Waals surface area contributed by atoms with Crippen molar-refractivity contribution in [1.82, 2.24) is 0 Å². The minimum atomic E-state index is 0. The molecule has 1 fully saturated rings. The summed E-state index contributed by atoms with van der Waals surface area (Å²) in [5.41, 5.74) is 2.81. The van der Waals surface area contributed by atoms with Crippen LogP contribution in [-0.2, 0) is 0 Å². The van der Waals surface area contributed by atoms with Gasteiger partial charge >= 0.3 is 18.9 Å². The van der Waals surface area contributed by atoms with E-state index in [9.17, 15) is 0 Å². The van der Waals surface area contributed by atoms with Gasteiger partial charge in [0.25, 0.3) is 0 Å². The second kappa shape index (κ2) is 11.7. The van der Waals surface area contributed by atoms with Crippen molar-refractivity contribution in [3.63, 3.8) is 0 Å². The van der Waals surface area contributed by atoms with Gasteiger partial charge in [-0.1, -0.05) is 43.4 Å². The van der Waals surface area contributed by atoms with Crippen LogP contribution >= 0.6 is 23.5 Å². The van der Waals surface area contributed by atoms with Gasteiger partial charge in [0.05, 0.1) is 0 Å². The molecule has 0 spiro atoms. The van der Waals surface area contributed by atoms with Gasteiger partial charge in [0.2, 0.25) is 0 Å². The van der Waals surface area contributed by atoms with Gasteiger partial charge in [0.15, 0.2) is 0 Å². The van der Waals surface area contributed by atoms with Crippen molar-refractivity contribution < 1.29 is 18.9 Å². The fourth-order valence-corrected chi connectivity index (χ4v) is 5.04. The number of hydrogen-bond acceptors (Lipinski definition) is 3. The maximum absolute atomic E-state index is 2.56. The van der Waals surface area contributed by atoms with Gasteiger partial charge in [0.1, 0.15) is 0 Å². The Balaban J connectivity index is 0.00000242. The van der Waals surface area contributed by atoms with Crippen LogP contribution in [-0.4, -0.2) is 24.6 Å². The average molecular weight is 330 g/mol. The third-order valence-electron chi connectivity index (χ3n) is 3.79. The van der Waals surface area contributed by atoms with Crippen molar-refractivity contribution in [1.29, 1.82) is 0 Å². The van der Waals surface area contributed by atoms with E-state index in [4.69, 9.17) is 0 Å². The number of rotatable bonds is 8. The molecule has 0 N–H and O–H groups in total. The predicted octanol–water partition coefficient (Wildman–Crippen LogP) is 2.80. The van der Waals surface area contributed by atoms with Gasteiger partial charge in [-0.15, -0.1) is 0 Å². The number of unbranched alkanes of at least 4 members (excludes halogenated alkanes) is 2. The molecule has 0 aromatic heterocycles. The van der Waals surface area contributed by atoms with E-state index in [1.807, 2.05) is 23.5 Å². The molecular formula is C18H28LiNS2. The third kappa shape index (κ3) is 6.36. The van der Waals surface area contributed by atoms with E-state index in [0.717, 1.165) is 0 Å². The van der Waals surface area contributed by atoms with E-state index in [1.165, 1.54) is 72.5 Å². The first kappa shape index (κ1) is 20.2. The SMILES string of the molecule is CCCCN(CCCC)c1ccc([C-]2SCCCS2)cc1.[Li+]. The fourth-order valence-electron chi connectivity index (χ4n) is 2.47. The van der Waals surface area contributed by atoms with Crippen LogP contribution in [0.15, 0.2) is 24.3 Å². The molecule has 1 saturated heterocycles. The van der Waals surface area contributed by atoms with Crippen molar-refractivity contribution >= 4 is 29.2 Å². The van der Waals surface area contributed by atoms with E-state index in [1.54, 1.807) is 0 Å². The van der Waals surface area contributed by atoms with Gasteiger partial charge in [-0.2, -0.15) is 41.2 Å². The zero-order valence-corrected chi connectivity index (χ0v) is 16.1. The standard InChI is InChI=1S/C18H28NS2.Li/c1-3-5-12-19(13-6-4-2)17-10-8-16(9-11-17)18-20-14-7-15-21-18;/h8-11H,3-7,12-15H2,1-2H3;/q-1;+1. The molecule has 0 saturated carbocycles. The molecule has 1 aromatic rings. The summed E-state index contributed by atoms with van der Waals surface area (Å²) in [6.07, 6.45) is 6.46. The first-order chi connectivity index (χ1) is 10.3. The first-order valence-electron chi connectivity index (χ1n) is 8.33. The van der Waals surface area contributed by atoms with Crippen molar-refractivity contribution in [3.05, 3.63) is 34.4 Å². The van der Waals surface area contributed by atoms with Gasteiger partial charge < -0.3 is 4.90 Å². The molecule has 0 unspecified atom stereocenters. The quantitative estimate of drug-likeness (QED) is 0.533.